The minimum Gasteiger partial charge on any atom is -0.485 e. The number of benzene rings is 2. The van der Waals surface area contributed by atoms with Crippen LogP contribution in [0.15, 0.2) is 59.6 Å². The van der Waals surface area contributed by atoms with E-state index in [1.165, 1.54) is 6.07 Å². The number of rotatable bonds is 5. The number of fused-ring (bicyclic) bond motifs is 2. The monoisotopic (exact) mass is 430 g/mol. The lowest BCUT2D eigenvalue weighted by atomic mass is 9.97. The predicted octanol–water partition coefficient (Wildman–Crippen LogP) is 4.84. The molecule has 0 atom stereocenters. The molecule has 7 nitrogen and oxygen atoms in total. The van der Waals surface area contributed by atoms with E-state index in [2.05, 4.69) is 15.2 Å². The van der Waals surface area contributed by atoms with Gasteiger partial charge in [0.2, 0.25) is 0 Å². The number of hydrogen-bond donors (Lipinski definition) is 0. The van der Waals surface area contributed by atoms with Crippen molar-refractivity contribution in [1.82, 2.24) is 19.7 Å². The molecule has 4 heterocycles. The van der Waals surface area contributed by atoms with Gasteiger partial charge < -0.3 is 18.5 Å². The second kappa shape index (κ2) is 7.42. The third-order valence-electron chi connectivity index (χ3n) is 5.79. The van der Waals surface area contributed by atoms with Gasteiger partial charge in [-0.05, 0) is 42.8 Å². The molecular formula is C24H19FN4O3. The molecule has 5 aromatic rings. The van der Waals surface area contributed by atoms with Crippen molar-refractivity contribution >= 4 is 22.1 Å². The Kier molecular flexibility index (Phi) is 4.39. The fourth-order valence-electron chi connectivity index (χ4n) is 4.03. The number of aromatic nitrogens is 4. The van der Waals surface area contributed by atoms with Crippen LogP contribution in [0.5, 0.6) is 5.75 Å². The molecule has 0 N–H and O–H groups in total. The molecule has 6 rings (SSSR count). The van der Waals surface area contributed by atoms with E-state index >= 15 is 4.39 Å². The maximum absolute atomic E-state index is 15.0. The van der Waals surface area contributed by atoms with Crippen molar-refractivity contribution in [2.24, 2.45) is 0 Å². The van der Waals surface area contributed by atoms with E-state index in [0.717, 1.165) is 28.6 Å². The Labute approximate surface area is 182 Å². The molecule has 3 aromatic heterocycles. The second-order valence-electron chi connectivity index (χ2n) is 7.71. The second-order valence-corrected chi connectivity index (χ2v) is 7.71. The number of nitrogens with zero attached hydrogens (tertiary/aromatic N) is 4. The van der Waals surface area contributed by atoms with Crippen LogP contribution in [0.25, 0.3) is 44.4 Å². The average molecular weight is 430 g/mol. The summed E-state index contributed by atoms with van der Waals surface area (Å²) in [6, 6.07) is 10.5. The van der Waals surface area contributed by atoms with Crippen LogP contribution in [0.3, 0.4) is 0 Å². The number of hydrogen-bond acceptors (Lipinski definition) is 6. The van der Waals surface area contributed by atoms with Gasteiger partial charge in [0.15, 0.2) is 5.65 Å². The Morgan fingerprint density at radius 3 is 2.84 bits per heavy atom. The summed E-state index contributed by atoms with van der Waals surface area (Å²) in [6.45, 7) is 3.90. The van der Waals surface area contributed by atoms with Gasteiger partial charge in [0.1, 0.15) is 28.8 Å². The maximum atomic E-state index is 15.0. The third-order valence-corrected chi connectivity index (χ3v) is 5.79. The first-order valence-corrected chi connectivity index (χ1v) is 10.4. The largest absolute Gasteiger partial charge is 0.485 e. The number of furan rings is 1. The SMILES string of the molecule is CCn1cnc2c(-c3ccc(F)c(-c4ccc(OC5COC5)c5ccoc45)c3)cnnc21. The van der Waals surface area contributed by atoms with E-state index < -0.39 is 0 Å². The minimum atomic E-state index is -0.343. The lowest BCUT2D eigenvalue weighted by Crippen LogP contribution is -2.38. The summed E-state index contributed by atoms with van der Waals surface area (Å²) in [6.07, 6.45) is 5.02. The topological polar surface area (TPSA) is 75.2 Å². The van der Waals surface area contributed by atoms with Crippen LogP contribution in [-0.2, 0) is 11.3 Å². The highest BCUT2D eigenvalue weighted by Gasteiger charge is 2.23. The number of ether oxygens (including phenoxy) is 2. The van der Waals surface area contributed by atoms with E-state index in [9.17, 15) is 0 Å². The molecule has 32 heavy (non-hydrogen) atoms. The molecule has 8 heteroatoms. The molecule has 0 aliphatic carbocycles. The molecule has 0 spiro atoms. The Hall–Kier alpha value is -3.78. The summed E-state index contributed by atoms with van der Waals surface area (Å²) in [5.41, 5.74) is 4.69. The molecule has 1 saturated heterocycles. The highest BCUT2D eigenvalue weighted by atomic mass is 19.1. The molecule has 0 bridgehead atoms. The quantitative estimate of drug-likeness (QED) is 0.397. The molecule has 0 saturated carbocycles. The first kappa shape index (κ1) is 18.9. The van der Waals surface area contributed by atoms with E-state index in [0.29, 0.717) is 41.3 Å². The smallest absolute Gasteiger partial charge is 0.183 e. The van der Waals surface area contributed by atoms with E-state index in [1.54, 1.807) is 30.9 Å². The predicted molar refractivity (Wildman–Crippen MR) is 117 cm³/mol. The molecule has 1 fully saturated rings. The van der Waals surface area contributed by atoms with Crippen LogP contribution in [-0.4, -0.2) is 39.1 Å². The maximum Gasteiger partial charge on any atom is 0.183 e. The summed E-state index contributed by atoms with van der Waals surface area (Å²) in [5.74, 6) is 0.359. The highest BCUT2D eigenvalue weighted by molar-refractivity contribution is 5.98. The zero-order chi connectivity index (χ0) is 21.7. The van der Waals surface area contributed by atoms with Gasteiger partial charge in [0.25, 0.3) is 0 Å². The molecule has 0 radical (unpaired) electrons. The summed E-state index contributed by atoms with van der Waals surface area (Å²) < 4.78 is 33.9. The van der Waals surface area contributed by atoms with Crippen molar-refractivity contribution in [2.75, 3.05) is 13.2 Å². The Bertz CT molecular complexity index is 1450. The fraction of sp³-hybridized carbons (Fsp3) is 0.208. The van der Waals surface area contributed by atoms with E-state index in [1.807, 2.05) is 29.7 Å². The summed E-state index contributed by atoms with van der Waals surface area (Å²) in [5, 5.41) is 9.15. The fourth-order valence-corrected chi connectivity index (χ4v) is 4.03. The zero-order valence-electron chi connectivity index (χ0n) is 17.3. The first-order chi connectivity index (χ1) is 15.7. The molecule has 2 aromatic carbocycles. The molecule has 160 valence electrons. The molecule has 0 unspecified atom stereocenters. The third kappa shape index (κ3) is 2.95. The summed E-state index contributed by atoms with van der Waals surface area (Å²) >= 11 is 0. The molecular weight excluding hydrogens is 411 g/mol. The van der Waals surface area contributed by atoms with Gasteiger partial charge in [-0.3, -0.25) is 0 Å². The Morgan fingerprint density at radius 2 is 2.03 bits per heavy atom. The minimum absolute atomic E-state index is 0.0311. The normalized spacial score (nSPS) is 14.2. The van der Waals surface area contributed by atoms with Crippen LogP contribution in [0.2, 0.25) is 0 Å². The lowest BCUT2D eigenvalue weighted by molar-refractivity contribution is -0.0791. The van der Waals surface area contributed by atoms with Crippen LogP contribution >= 0.6 is 0 Å². The molecule has 0 amide bonds. The van der Waals surface area contributed by atoms with Gasteiger partial charge >= 0.3 is 0 Å². The number of halogens is 1. The lowest BCUT2D eigenvalue weighted by Gasteiger charge is -2.27. The van der Waals surface area contributed by atoms with Gasteiger partial charge in [-0.15, -0.1) is 5.10 Å². The van der Waals surface area contributed by atoms with Crippen LogP contribution in [0, 0.1) is 5.82 Å². The van der Waals surface area contributed by atoms with Gasteiger partial charge in [-0.2, -0.15) is 5.10 Å². The van der Waals surface area contributed by atoms with Gasteiger partial charge in [0, 0.05) is 23.2 Å². The standard InChI is InChI=1S/C24H19FN4O3/c1-2-29-13-26-22-19(10-27-28-24(22)29)14-3-5-20(25)18(9-14)16-4-6-21(32-15-11-30-12-15)17-7-8-31-23(16)17/h3-10,13,15H,2,11-12H2,1H3. The first-order valence-electron chi connectivity index (χ1n) is 10.4. The summed E-state index contributed by atoms with van der Waals surface area (Å²) in [4.78, 5) is 4.51. The van der Waals surface area contributed by atoms with E-state index in [4.69, 9.17) is 13.9 Å². The van der Waals surface area contributed by atoms with Crippen LogP contribution < -0.4 is 4.74 Å². The average Bonchev–Trinajstić information content (AvgIpc) is 3.44. The van der Waals surface area contributed by atoms with Crippen molar-refractivity contribution in [2.45, 2.75) is 19.6 Å². The van der Waals surface area contributed by atoms with Gasteiger partial charge in [0.05, 0.1) is 37.4 Å². The van der Waals surface area contributed by atoms with Gasteiger partial charge in [-0.25, -0.2) is 9.37 Å². The summed E-state index contributed by atoms with van der Waals surface area (Å²) in [7, 11) is 0. The Balaban J connectivity index is 1.48. The highest BCUT2D eigenvalue weighted by Crippen LogP contribution is 2.39. The van der Waals surface area contributed by atoms with Crippen molar-refractivity contribution < 1.29 is 18.3 Å². The van der Waals surface area contributed by atoms with Crippen molar-refractivity contribution in [3.05, 3.63) is 61.0 Å². The van der Waals surface area contributed by atoms with Crippen molar-refractivity contribution in [1.29, 1.82) is 0 Å². The zero-order valence-corrected chi connectivity index (χ0v) is 17.3. The van der Waals surface area contributed by atoms with Crippen molar-refractivity contribution in [3.8, 4) is 28.0 Å². The van der Waals surface area contributed by atoms with Crippen LogP contribution in [0.4, 0.5) is 4.39 Å². The molecule has 1 aliphatic rings. The van der Waals surface area contributed by atoms with E-state index in [-0.39, 0.29) is 11.9 Å². The van der Waals surface area contributed by atoms with Gasteiger partial charge in [-0.1, -0.05) is 6.07 Å². The number of imidazole rings is 1. The number of aryl methyl sites for hydroxylation is 1. The Morgan fingerprint density at radius 1 is 1.12 bits per heavy atom. The van der Waals surface area contributed by atoms with Crippen molar-refractivity contribution in [3.63, 3.8) is 0 Å². The van der Waals surface area contributed by atoms with Crippen LogP contribution in [0.1, 0.15) is 6.92 Å². The molecule has 1 aliphatic heterocycles.